The smallest absolute Gasteiger partial charge is 0.411 e. The van der Waals surface area contributed by atoms with Gasteiger partial charge in [-0.2, -0.15) is 0 Å². The predicted octanol–water partition coefficient (Wildman–Crippen LogP) is 3.29. The first-order chi connectivity index (χ1) is 10.6. The van der Waals surface area contributed by atoms with Crippen LogP contribution in [0.4, 0.5) is 4.79 Å². The number of ether oxygens (including phenoxy) is 2. The Bertz CT molecular complexity index is 620. The van der Waals surface area contributed by atoms with Crippen molar-refractivity contribution in [1.82, 2.24) is 4.90 Å². The summed E-state index contributed by atoms with van der Waals surface area (Å²) < 4.78 is 11.1. The molecule has 1 aliphatic heterocycles. The number of hydrogen-bond acceptors (Lipinski definition) is 4. The highest BCUT2D eigenvalue weighted by Gasteiger charge is 2.37. The van der Waals surface area contributed by atoms with Gasteiger partial charge in [0.15, 0.2) is 0 Å². The monoisotopic (exact) mass is 319 g/mol. The summed E-state index contributed by atoms with van der Waals surface area (Å²) in [5.41, 5.74) is 0.0949. The molecular weight excluding hydrogens is 294 g/mol. The summed E-state index contributed by atoms with van der Waals surface area (Å²) in [6, 6.07) is 5.62. The molecule has 5 heteroatoms. The molecule has 5 nitrogen and oxygen atoms in total. The SMILES string of the molecule is CC1Cc2cc(C(C)(C=O)N(C)C(=O)OC(C)(C)C)ccc2O1. The van der Waals surface area contributed by atoms with E-state index in [2.05, 4.69) is 0 Å². The Labute approximate surface area is 137 Å². The Kier molecular flexibility index (Phi) is 4.42. The van der Waals surface area contributed by atoms with Crippen LogP contribution in [0, 0.1) is 0 Å². The number of nitrogens with zero attached hydrogens (tertiary/aromatic N) is 1. The van der Waals surface area contributed by atoms with Crippen LogP contribution < -0.4 is 4.74 Å². The van der Waals surface area contributed by atoms with E-state index in [1.165, 1.54) is 4.90 Å². The molecule has 126 valence electrons. The highest BCUT2D eigenvalue weighted by atomic mass is 16.6. The number of carbonyl (C=O) groups excluding carboxylic acids is 2. The molecule has 0 aromatic heterocycles. The van der Waals surface area contributed by atoms with Gasteiger partial charge < -0.3 is 14.3 Å². The van der Waals surface area contributed by atoms with Gasteiger partial charge in [0.25, 0.3) is 0 Å². The topological polar surface area (TPSA) is 55.8 Å². The number of fused-ring (bicyclic) bond motifs is 1. The quantitative estimate of drug-likeness (QED) is 0.802. The molecule has 1 aliphatic rings. The average Bonchev–Trinajstić information content (AvgIpc) is 2.82. The highest BCUT2D eigenvalue weighted by Crippen LogP contribution is 2.34. The van der Waals surface area contributed by atoms with Crippen LogP contribution in [0.5, 0.6) is 5.75 Å². The standard InChI is InChI=1S/C18H25NO4/c1-12-9-13-10-14(7-8-15(13)22-12)18(5,11-20)19(6)16(21)23-17(2,3)4/h7-8,10-12H,9H2,1-6H3. The fourth-order valence-electron chi connectivity index (χ4n) is 2.60. The second-order valence-corrected chi connectivity index (χ2v) is 7.26. The van der Waals surface area contributed by atoms with Gasteiger partial charge in [-0.15, -0.1) is 0 Å². The maximum atomic E-state index is 12.3. The van der Waals surface area contributed by atoms with E-state index in [4.69, 9.17) is 9.47 Å². The summed E-state index contributed by atoms with van der Waals surface area (Å²) in [5.74, 6) is 0.842. The Morgan fingerprint density at radius 2 is 2.00 bits per heavy atom. The minimum Gasteiger partial charge on any atom is -0.490 e. The molecule has 0 N–H and O–H groups in total. The number of carbonyl (C=O) groups is 2. The van der Waals surface area contributed by atoms with Gasteiger partial charge in [0.05, 0.1) is 0 Å². The molecule has 1 aromatic carbocycles. The van der Waals surface area contributed by atoms with Crippen LogP contribution in [0.2, 0.25) is 0 Å². The summed E-state index contributed by atoms with van der Waals surface area (Å²) >= 11 is 0. The zero-order chi connectivity index (χ0) is 17.4. The van der Waals surface area contributed by atoms with Crippen LogP contribution in [0.15, 0.2) is 18.2 Å². The largest absolute Gasteiger partial charge is 0.490 e. The summed E-state index contributed by atoms with van der Waals surface area (Å²) in [5, 5.41) is 0. The van der Waals surface area contributed by atoms with Gasteiger partial charge in [-0.05, 0) is 57.9 Å². The molecule has 0 fully saturated rings. The van der Waals surface area contributed by atoms with Gasteiger partial charge in [-0.1, -0.05) is 6.07 Å². The van der Waals surface area contributed by atoms with Gasteiger partial charge in [0, 0.05) is 13.5 Å². The molecule has 23 heavy (non-hydrogen) atoms. The number of aldehydes is 1. The van der Waals surface area contributed by atoms with Crippen molar-refractivity contribution >= 4 is 12.4 Å². The lowest BCUT2D eigenvalue weighted by molar-refractivity contribution is -0.117. The van der Waals surface area contributed by atoms with Gasteiger partial charge in [-0.25, -0.2) is 4.79 Å². The number of rotatable bonds is 3. The predicted molar refractivity (Wildman–Crippen MR) is 87.6 cm³/mol. The minimum atomic E-state index is -1.09. The molecule has 2 atom stereocenters. The van der Waals surface area contributed by atoms with Crippen molar-refractivity contribution in [1.29, 1.82) is 0 Å². The molecule has 1 amide bonds. The van der Waals surface area contributed by atoms with E-state index >= 15 is 0 Å². The maximum absolute atomic E-state index is 12.3. The molecule has 0 bridgehead atoms. The van der Waals surface area contributed by atoms with Gasteiger partial charge in [0.2, 0.25) is 0 Å². The second kappa shape index (κ2) is 5.87. The van der Waals surface area contributed by atoms with E-state index in [9.17, 15) is 9.59 Å². The molecule has 2 rings (SSSR count). The number of benzene rings is 1. The maximum Gasteiger partial charge on any atom is 0.411 e. The lowest BCUT2D eigenvalue weighted by Gasteiger charge is -2.35. The first-order valence-corrected chi connectivity index (χ1v) is 7.80. The molecule has 0 spiro atoms. The van der Waals surface area contributed by atoms with Crippen molar-refractivity contribution in [2.75, 3.05) is 7.05 Å². The molecule has 1 aromatic rings. The van der Waals surface area contributed by atoms with Crippen LogP contribution in [0.3, 0.4) is 0 Å². The van der Waals surface area contributed by atoms with Crippen molar-refractivity contribution < 1.29 is 19.1 Å². The van der Waals surface area contributed by atoms with Gasteiger partial charge in [-0.3, -0.25) is 4.90 Å². The zero-order valence-electron chi connectivity index (χ0n) is 14.7. The van der Waals surface area contributed by atoms with E-state index < -0.39 is 17.2 Å². The van der Waals surface area contributed by atoms with Crippen LogP contribution in [-0.4, -0.2) is 36.0 Å². The van der Waals surface area contributed by atoms with Crippen LogP contribution in [-0.2, 0) is 21.5 Å². The van der Waals surface area contributed by atoms with Crippen LogP contribution in [0.25, 0.3) is 0 Å². The Morgan fingerprint density at radius 1 is 1.35 bits per heavy atom. The first-order valence-electron chi connectivity index (χ1n) is 7.80. The third-order valence-corrected chi connectivity index (χ3v) is 4.07. The third-order valence-electron chi connectivity index (χ3n) is 4.07. The van der Waals surface area contributed by atoms with Crippen molar-refractivity contribution in [2.45, 2.75) is 58.3 Å². The third kappa shape index (κ3) is 3.49. The number of hydrogen-bond donors (Lipinski definition) is 0. The van der Waals surface area contributed by atoms with E-state index in [1.54, 1.807) is 34.7 Å². The molecule has 2 unspecified atom stereocenters. The zero-order valence-corrected chi connectivity index (χ0v) is 14.7. The summed E-state index contributed by atoms with van der Waals surface area (Å²) in [7, 11) is 1.58. The molecule has 1 heterocycles. The Morgan fingerprint density at radius 3 is 2.57 bits per heavy atom. The first kappa shape index (κ1) is 17.3. The highest BCUT2D eigenvalue weighted by molar-refractivity contribution is 5.78. The fraction of sp³-hybridized carbons (Fsp3) is 0.556. The fourth-order valence-corrected chi connectivity index (χ4v) is 2.60. The molecular formula is C18H25NO4. The van der Waals surface area contributed by atoms with Crippen molar-refractivity contribution in [2.24, 2.45) is 0 Å². The molecule has 0 radical (unpaired) electrons. The van der Waals surface area contributed by atoms with Crippen molar-refractivity contribution in [3.05, 3.63) is 29.3 Å². The summed E-state index contributed by atoms with van der Waals surface area (Å²) in [4.78, 5) is 25.5. The Balaban J connectivity index is 2.32. The molecule has 0 aliphatic carbocycles. The number of amides is 1. The molecule has 0 saturated heterocycles. The second-order valence-electron chi connectivity index (χ2n) is 7.26. The summed E-state index contributed by atoms with van der Waals surface area (Å²) in [6.45, 7) is 9.11. The lowest BCUT2D eigenvalue weighted by atomic mass is 9.90. The van der Waals surface area contributed by atoms with Gasteiger partial charge >= 0.3 is 6.09 Å². The van der Waals surface area contributed by atoms with Gasteiger partial charge in [0.1, 0.15) is 29.3 Å². The van der Waals surface area contributed by atoms with Crippen LogP contribution in [0.1, 0.15) is 45.7 Å². The minimum absolute atomic E-state index is 0.131. The van der Waals surface area contributed by atoms with E-state index in [1.807, 2.05) is 25.1 Å². The number of likely N-dealkylation sites (N-methyl/N-ethyl adjacent to an activating group) is 1. The van der Waals surface area contributed by atoms with Crippen molar-refractivity contribution in [3.8, 4) is 5.75 Å². The average molecular weight is 319 g/mol. The normalized spacial score (nSPS) is 19.3. The van der Waals surface area contributed by atoms with E-state index in [0.717, 1.165) is 29.6 Å². The van der Waals surface area contributed by atoms with E-state index in [0.29, 0.717) is 0 Å². The van der Waals surface area contributed by atoms with Crippen molar-refractivity contribution in [3.63, 3.8) is 0 Å². The Hall–Kier alpha value is -2.04. The lowest BCUT2D eigenvalue weighted by Crippen LogP contribution is -2.48. The summed E-state index contributed by atoms with van der Waals surface area (Å²) in [6.07, 6.45) is 1.18. The molecule has 0 saturated carbocycles. The van der Waals surface area contributed by atoms with Crippen LogP contribution >= 0.6 is 0 Å². The van der Waals surface area contributed by atoms with E-state index in [-0.39, 0.29) is 6.10 Å².